The summed E-state index contributed by atoms with van der Waals surface area (Å²) in [5.74, 6) is 0. The summed E-state index contributed by atoms with van der Waals surface area (Å²) in [6.45, 7) is 3.44. The van der Waals surface area contributed by atoms with Crippen LogP contribution < -0.4 is 16.0 Å². The third-order valence-corrected chi connectivity index (χ3v) is 3.40. The molecule has 0 bridgehead atoms. The van der Waals surface area contributed by atoms with E-state index in [0.717, 1.165) is 0 Å². The van der Waals surface area contributed by atoms with Gasteiger partial charge < -0.3 is 0 Å². The zero-order valence-electron chi connectivity index (χ0n) is 8.77. The summed E-state index contributed by atoms with van der Waals surface area (Å²) in [6, 6.07) is -0.321. The highest BCUT2D eigenvalue weighted by atomic mass is 32.2. The minimum absolute atomic E-state index is 0.321. The van der Waals surface area contributed by atoms with Gasteiger partial charge in [-0.2, -0.15) is 5.10 Å². The third kappa shape index (κ3) is 2.76. The first-order valence-electron chi connectivity index (χ1n) is 4.58. The molecule has 1 aromatic heterocycles. The Kier molecular flexibility index (Phi) is 3.60. The molecule has 0 fully saturated rings. The van der Waals surface area contributed by atoms with Crippen LogP contribution in [0.4, 0.5) is 0 Å². The van der Waals surface area contributed by atoms with Crippen molar-refractivity contribution in [2.45, 2.75) is 31.3 Å². The lowest BCUT2D eigenvalue weighted by atomic mass is 10.3. The second-order valence-electron chi connectivity index (χ2n) is 3.24. The van der Waals surface area contributed by atoms with E-state index in [-0.39, 0.29) is 6.04 Å². The highest BCUT2D eigenvalue weighted by Crippen LogP contribution is 1.98. The Bertz CT molecular complexity index is 573. The van der Waals surface area contributed by atoms with Crippen molar-refractivity contribution in [1.29, 1.82) is 0 Å². The van der Waals surface area contributed by atoms with Crippen LogP contribution in [0.2, 0.25) is 0 Å². The molecule has 1 unspecified atom stereocenters. The van der Waals surface area contributed by atoms with Gasteiger partial charge >= 0.3 is 5.69 Å². The highest BCUT2D eigenvalue weighted by molar-refractivity contribution is 7.89. The molecule has 0 radical (unpaired) electrons. The molecule has 0 amide bonds. The van der Waals surface area contributed by atoms with Gasteiger partial charge in [0.25, 0.3) is 20.6 Å². The lowest BCUT2D eigenvalue weighted by Crippen LogP contribution is -2.38. The molecule has 0 aliphatic rings. The Labute approximate surface area is 91.2 Å². The Morgan fingerprint density at radius 1 is 1.44 bits per heavy atom. The minimum Gasteiger partial charge on any atom is -0.270 e. The molecule has 9 heteroatoms. The molecule has 8 nitrogen and oxygen atoms in total. The second kappa shape index (κ2) is 4.58. The fourth-order valence-electron chi connectivity index (χ4n) is 0.923. The zero-order valence-corrected chi connectivity index (χ0v) is 9.59. The van der Waals surface area contributed by atoms with E-state index < -0.39 is 26.3 Å². The van der Waals surface area contributed by atoms with Crippen molar-refractivity contribution in [2.75, 3.05) is 0 Å². The van der Waals surface area contributed by atoms with Crippen molar-refractivity contribution in [3.63, 3.8) is 0 Å². The van der Waals surface area contributed by atoms with Crippen molar-refractivity contribution >= 4 is 10.0 Å². The third-order valence-electron chi connectivity index (χ3n) is 1.90. The number of aromatic nitrogens is 3. The minimum atomic E-state index is -3.99. The second-order valence-corrected chi connectivity index (χ2v) is 4.87. The number of nitrogens with zero attached hydrogens (tertiary/aromatic N) is 1. The molecule has 90 valence electrons. The van der Waals surface area contributed by atoms with E-state index >= 15 is 0 Å². The van der Waals surface area contributed by atoms with Crippen LogP contribution in [0.1, 0.15) is 20.3 Å². The van der Waals surface area contributed by atoms with Crippen LogP contribution in [0.25, 0.3) is 0 Å². The lowest BCUT2D eigenvalue weighted by Gasteiger charge is -2.09. The molecule has 0 aromatic carbocycles. The molecule has 1 rings (SSSR count). The van der Waals surface area contributed by atoms with E-state index in [2.05, 4.69) is 9.82 Å². The fraction of sp³-hybridized carbons (Fsp3) is 0.571. The van der Waals surface area contributed by atoms with Gasteiger partial charge in [0.05, 0.1) is 0 Å². The Morgan fingerprint density at radius 3 is 2.56 bits per heavy atom. The largest absolute Gasteiger partial charge is 0.342 e. The maximum absolute atomic E-state index is 11.6. The SMILES string of the molecule is CCC(C)NS(=O)(=O)c1n[nH]c(=O)[nH]c1=O. The molecule has 1 heterocycles. The van der Waals surface area contributed by atoms with Crippen LogP contribution in [-0.4, -0.2) is 29.6 Å². The summed E-state index contributed by atoms with van der Waals surface area (Å²) < 4.78 is 25.5. The first kappa shape index (κ1) is 12.6. The van der Waals surface area contributed by atoms with Crippen molar-refractivity contribution in [3.05, 3.63) is 20.8 Å². The van der Waals surface area contributed by atoms with Crippen LogP contribution in [0, 0.1) is 0 Å². The van der Waals surface area contributed by atoms with Gasteiger partial charge in [0, 0.05) is 6.04 Å². The number of aromatic amines is 2. The van der Waals surface area contributed by atoms with Crippen molar-refractivity contribution < 1.29 is 8.42 Å². The molecule has 0 aliphatic carbocycles. The van der Waals surface area contributed by atoms with E-state index in [1.165, 1.54) is 0 Å². The smallest absolute Gasteiger partial charge is 0.270 e. The van der Waals surface area contributed by atoms with E-state index in [1.54, 1.807) is 18.8 Å². The highest BCUT2D eigenvalue weighted by Gasteiger charge is 2.22. The van der Waals surface area contributed by atoms with Gasteiger partial charge in [-0.05, 0) is 13.3 Å². The van der Waals surface area contributed by atoms with Crippen molar-refractivity contribution in [1.82, 2.24) is 19.9 Å². The maximum Gasteiger partial charge on any atom is 0.342 e. The molecule has 1 atom stereocenters. The molecule has 16 heavy (non-hydrogen) atoms. The maximum atomic E-state index is 11.6. The van der Waals surface area contributed by atoms with Crippen molar-refractivity contribution in [3.8, 4) is 0 Å². The van der Waals surface area contributed by atoms with Crippen LogP contribution in [-0.2, 0) is 10.0 Å². The van der Waals surface area contributed by atoms with Gasteiger partial charge in [-0.1, -0.05) is 6.92 Å². The van der Waals surface area contributed by atoms with Gasteiger partial charge in [-0.3, -0.25) is 9.78 Å². The molecule has 3 N–H and O–H groups in total. The zero-order chi connectivity index (χ0) is 12.3. The van der Waals surface area contributed by atoms with Gasteiger partial charge in [0.1, 0.15) is 0 Å². The first-order chi connectivity index (χ1) is 7.36. The summed E-state index contributed by atoms with van der Waals surface area (Å²) in [6.07, 6.45) is 0.570. The van der Waals surface area contributed by atoms with E-state index in [0.29, 0.717) is 6.42 Å². The molecular formula is C7H12N4O4S. The van der Waals surface area contributed by atoms with Crippen molar-refractivity contribution in [2.24, 2.45) is 0 Å². The van der Waals surface area contributed by atoms with Gasteiger partial charge in [0.15, 0.2) is 0 Å². The predicted molar refractivity (Wildman–Crippen MR) is 55.6 cm³/mol. The predicted octanol–water partition coefficient (Wildman–Crippen LogP) is -1.46. The van der Waals surface area contributed by atoms with Crippen LogP contribution in [0.15, 0.2) is 14.6 Å². The van der Waals surface area contributed by atoms with Gasteiger partial charge in [0.2, 0.25) is 0 Å². The average Bonchev–Trinajstić information content (AvgIpc) is 2.16. The number of hydrogen-bond donors (Lipinski definition) is 3. The monoisotopic (exact) mass is 248 g/mol. The number of hydrogen-bond acceptors (Lipinski definition) is 5. The molecule has 0 saturated heterocycles. The summed E-state index contributed by atoms with van der Waals surface area (Å²) in [7, 11) is -3.99. The number of rotatable bonds is 4. The molecule has 0 aliphatic heterocycles. The first-order valence-corrected chi connectivity index (χ1v) is 6.06. The lowest BCUT2D eigenvalue weighted by molar-refractivity contribution is 0.547. The van der Waals surface area contributed by atoms with Crippen LogP contribution in [0.5, 0.6) is 0 Å². The number of nitrogens with one attached hydrogen (secondary N) is 3. The Balaban J connectivity index is 3.18. The Hall–Kier alpha value is -1.48. The summed E-state index contributed by atoms with van der Waals surface area (Å²) in [5, 5.41) is 4.32. The quantitative estimate of drug-likeness (QED) is 0.600. The van der Waals surface area contributed by atoms with Gasteiger partial charge in [-0.15, -0.1) is 0 Å². The fourth-order valence-corrected chi connectivity index (χ4v) is 2.19. The van der Waals surface area contributed by atoms with E-state index in [1.807, 2.05) is 5.10 Å². The molecule has 0 spiro atoms. The summed E-state index contributed by atoms with van der Waals surface area (Å²) in [4.78, 5) is 23.6. The van der Waals surface area contributed by atoms with Crippen LogP contribution in [0.3, 0.4) is 0 Å². The average molecular weight is 248 g/mol. The molecule has 1 aromatic rings. The van der Waals surface area contributed by atoms with E-state index in [9.17, 15) is 18.0 Å². The molecule has 0 saturated carbocycles. The topological polar surface area (TPSA) is 125 Å². The normalized spacial score (nSPS) is 13.6. The number of H-pyrrole nitrogens is 2. The number of sulfonamides is 1. The summed E-state index contributed by atoms with van der Waals surface area (Å²) in [5.41, 5.74) is -1.90. The standard InChI is InChI=1S/C7H12N4O4S/c1-3-4(2)11-16(14,15)6-5(12)8-7(13)10-9-6/h4,11H,3H2,1-2H3,(H2,8,10,12,13). The molecular weight excluding hydrogens is 236 g/mol. The van der Waals surface area contributed by atoms with Gasteiger partial charge in [-0.25, -0.2) is 23.0 Å². The summed E-state index contributed by atoms with van der Waals surface area (Å²) >= 11 is 0. The van der Waals surface area contributed by atoms with E-state index in [4.69, 9.17) is 0 Å². The van der Waals surface area contributed by atoms with Crippen LogP contribution >= 0.6 is 0 Å². The Morgan fingerprint density at radius 2 is 2.06 bits per heavy atom.